The molecule has 1 saturated heterocycles. The highest BCUT2D eigenvalue weighted by molar-refractivity contribution is 8.26. The Morgan fingerprint density at radius 2 is 2.00 bits per heavy atom. The zero-order chi connectivity index (χ0) is 14.5. The second kappa shape index (κ2) is 7.25. The number of hydrogen-bond donors (Lipinski definition) is 0. The van der Waals surface area contributed by atoms with Gasteiger partial charge in [0, 0.05) is 11.6 Å². The third kappa shape index (κ3) is 3.84. The van der Waals surface area contributed by atoms with Crippen molar-refractivity contribution >= 4 is 51.9 Å². The second-order valence-corrected chi connectivity index (χ2v) is 6.70. The molecule has 1 aromatic rings. The Kier molecular flexibility index (Phi) is 5.64. The van der Waals surface area contributed by atoms with Crippen molar-refractivity contribution in [3.63, 3.8) is 0 Å². The monoisotopic (exact) mass is 325 g/mol. The van der Waals surface area contributed by atoms with Gasteiger partial charge in [-0.1, -0.05) is 67.5 Å². The minimum absolute atomic E-state index is 0.0195. The molecule has 0 spiro atoms. The molecule has 2 rings (SSSR count). The Bertz CT molecular complexity index is 539. The molecule has 1 heterocycles. The highest BCUT2D eigenvalue weighted by Gasteiger charge is 2.31. The lowest BCUT2D eigenvalue weighted by Crippen LogP contribution is -2.28. The Morgan fingerprint density at radius 1 is 1.30 bits per heavy atom. The van der Waals surface area contributed by atoms with Crippen LogP contribution in [0.1, 0.15) is 31.7 Å². The first-order chi connectivity index (χ1) is 9.61. The zero-order valence-corrected chi connectivity index (χ0v) is 13.7. The van der Waals surface area contributed by atoms with E-state index in [0.29, 0.717) is 14.2 Å². The maximum Gasteiger partial charge on any atom is 0.266 e. The van der Waals surface area contributed by atoms with Crippen molar-refractivity contribution in [1.82, 2.24) is 4.90 Å². The molecule has 0 atom stereocenters. The van der Waals surface area contributed by atoms with Gasteiger partial charge in [0.15, 0.2) is 0 Å². The fraction of sp³-hybridized carbons (Fsp3) is 0.333. The van der Waals surface area contributed by atoms with E-state index < -0.39 is 0 Å². The largest absolute Gasteiger partial charge is 0.293 e. The fourth-order valence-electron chi connectivity index (χ4n) is 1.92. The maximum atomic E-state index is 12.3. The van der Waals surface area contributed by atoms with Crippen LogP contribution in [0.3, 0.4) is 0 Å². The van der Waals surface area contributed by atoms with Crippen LogP contribution in [-0.4, -0.2) is 21.7 Å². The molecule has 1 aliphatic heterocycles. The van der Waals surface area contributed by atoms with Crippen LogP contribution in [0.25, 0.3) is 6.08 Å². The average Bonchev–Trinajstić information content (AvgIpc) is 2.69. The predicted octanol–water partition coefficient (Wildman–Crippen LogP) is 4.73. The van der Waals surface area contributed by atoms with E-state index in [-0.39, 0.29) is 5.91 Å². The lowest BCUT2D eigenvalue weighted by Gasteiger charge is -2.13. The molecule has 20 heavy (non-hydrogen) atoms. The molecule has 2 nitrogen and oxygen atoms in total. The maximum absolute atomic E-state index is 12.3. The van der Waals surface area contributed by atoms with Crippen molar-refractivity contribution in [1.29, 1.82) is 0 Å². The fourth-order valence-corrected chi connectivity index (χ4v) is 3.36. The molecule has 1 aromatic carbocycles. The van der Waals surface area contributed by atoms with E-state index in [1.165, 1.54) is 11.8 Å². The van der Waals surface area contributed by atoms with Gasteiger partial charge in [-0.05, 0) is 30.2 Å². The summed E-state index contributed by atoms with van der Waals surface area (Å²) in [5.41, 5.74) is 0.962. The van der Waals surface area contributed by atoms with Gasteiger partial charge >= 0.3 is 0 Å². The molecule has 0 unspecified atom stereocenters. The standard InChI is InChI=1S/C15H16ClNOS2/c1-2-3-4-9-17-14(18)13(20-15(17)19)10-11-5-7-12(16)8-6-11/h5-8,10H,2-4,9H2,1H3. The summed E-state index contributed by atoms with van der Waals surface area (Å²) in [7, 11) is 0. The van der Waals surface area contributed by atoms with Crippen LogP contribution in [0.15, 0.2) is 29.2 Å². The molecule has 106 valence electrons. The highest BCUT2D eigenvalue weighted by Crippen LogP contribution is 2.32. The highest BCUT2D eigenvalue weighted by atomic mass is 35.5. The van der Waals surface area contributed by atoms with Crippen LogP contribution in [0, 0.1) is 0 Å². The van der Waals surface area contributed by atoms with Crippen LogP contribution < -0.4 is 0 Å². The topological polar surface area (TPSA) is 20.3 Å². The van der Waals surface area contributed by atoms with Gasteiger partial charge in [0.25, 0.3) is 5.91 Å². The van der Waals surface area contributed by atoms with Crippen molar-refractivity contribution in [2.75, 3.05) is 6.54 Å². The molecular weight excluding hydrogens is 310 g/mol. The third-order valence-corrected chi connectivity index (χ3v) is 4.66. The smallest absolute Gasteiger partial charge is 0.266 e. The number of hydrogen-bond acceptors (Lipinski definition) is 3. The molecule has 0 saturated carbocycles. The molecule has 1 aliphatic rings. The molecule has 1 fully saturated rings. The minimum Gasteiger partial charge on any atom is -0.293 e. The second-order valence-electron chi connectivity index (χ2n) is 4.59. The molecule has 5 heteroatoms. The van der Waals surface area contributed by atoms with E-state index in [9.17, 15) is 4.79 Å². The summed E-state index contributed by atoms with van der Waals surface area (Å²) in [6.45, 7) is 2.86. The van der Waals surface area contributed by atoms with E-state index >= 15 is 0 Å². The number of carbonyl (C=O) groups excluding carboxylic acids is 1. The van der Waals surface area contributed by atoms with Crippen molar-refractivity contribution < 1.29 is 4.79 Å². The number of benzene rings is 1. The van der Waals surface area contributed by atoms with Crippen LogP contribution in [0.4, 0.5) is 0 Å². The normalized spacial score (nSPS) is 17.3. The van der Waals surface area contributed by atoms with Gasteiger partial charge < -0.3 is 0 Å². The van der Waals surface area contributed by atoms with Crippen LogP contribution in [0.2, 0.25) is 5.02 Å². The number of unbranched alkanes of at least 4 members (excludes halogenated alkanes) is 2. The molecule has 1 amide bonds. The summed E-state index contributed by atoms with van der Waals surface area (Å²) in [6, 6.07) is 7.42. The zero-order valence-electron chi connectivity index (χ0n) is 11.3. The summed E-state index contributed by atoms with van der Waals surface area (Å²) >= 11 is 12.5. The quantitative estimate of drug-likeness (QED) is 0.443. The number of thiocarbonyl (C=S) groups is 1. The number of amides is 1. The predicted molar refractivity (Wildman–Crippen MR) is 90.9 cm³/mol. The van der Waals surface area contributed by atoms with Crippen molar-refractivity contribution in [2.24, 2.45) is 0 Å². The van der Waals surface area contributed by atoms with Gasteiger partial charge in [-0.25, -0.2) is 0 Å². The van der Waals surface area contributed by atoms with Gasteiger partial charge in [0.2, 0.25) is 0 Å². The van der Waals surface area contributed by atoms with Crippen molar-refractivity contribution in [3.05, 3.63) is 39.8 Å². The van der Waals surface area contributed by atoms with Gasteiger partial charge in [-0.3, -0.25) is 9.69 Å². The first-order valence-corrected chi connectivity index (χ1v) is 8.23. The Labute approximate surface area is 134 Å². The van der Waals surface area contributed by atoms with E-state index in [2.05, 4.69) is 6.92 Å². The average molecular weight is 326 g/mol. The number of rotatable bonds is 5. The first-order valence-electron chi connectivity index (χ1n) is 6.62. The summed E-state index contributed by atoms with van der Waals surface area (Å²) in [5.74, 6) is 0.0195. The molecular formula is C15H16ClNOS2. The van der Waals surface area contributed by atoms with Gasteiger partial charge in [0.05, 0.1) is 4.91 Å². The van der Waals surface area contributed by atoms with Crippen molar-refractivity contribution in [3.8, 4) is 0 Å². The summed E-state index contributed by atoms with van der Waals surface area (Å²) in [5, 5.41) is 0.689. The molecule has 0 radical (unpaired) electrons. The molecule has 0 bridgehead atoms. The van der Waals surface area contributed by atoms with Crippen LogP contribution >= 0.6 is 35.6 Å². The first kappa shape index (κ1) is 15.5. The molecule has 0 aromatic heterocycles. The lowest BCUT2D eigenvalue weighted by atomic mass is 10.2. The van der Waals surface area contributed by atoms with Crippen LogP contribution in [0.5, 0.6) is 0 Å². The number of nitrogens with zero attached hydrogens (tertiary/aromatic N) is 1. The van der Waals surface area contributed by atoms with E-state index in [0.717, 1.165) is 31.4 Å². The van der Waals surface area contributed by atoms with Crippen LogP contribution in [-0.2, 0) is 4.79 Å². The van der Waals surface area contributed by atoms with Gasteiger partial charge in [-0.15, -0.1) is 0 Å². The number of carbonyl (C=O) groups is 1. The van der Waals surface area contributed by atoms with Gasteiger partial charge in [0.1, 0.15) is 4.32 Å². The van der Waals surface area contributed by atoms with E-state index in [1.807, 2.05) is 30.3 Å². The summed E-state index contributed by atoms with van der Waals surface area (Å²) in [6.07, 6.45) is 5.12. The Balaban J connectivity index is 2.09. The molecule has 0 aliphatic carbocycles. The summed E-state index contributed by atoms with van der Waals surface area (Å²) < 4.78 is 0.659. The molecule has 0 N–H and O–H groups in total. The van der Waals surface area contributed by atoms with Gasteiger partial charge in [-0.2, -0.15) is 0 Å². The summed E-state index contributed by atoms with van der Waals surface area (Å²) in [4.78, 5) is 14.7. The SMILES string of the molecule is CCCCCN1C(=O)C(=Cc2ccc(Cl)cc2)SC1=S. The Morgan fingerprint density at radius 3 is 2.65 bits per heavy atom. The minimum atomic E-state index is 0.0195. The Hall–Kier alpha value is -0.840. The number of halogens is 1. The third-order valence-electron chi connectivity index (χ3n) is 3.03. The number of thioether (sulfide) groups is 1. The van der Waals surface area contributed by atoms with Crippen molar-refractivity contribution in [2.45, 2.75) is 26.2 Å². The lowest BCUT2D eigenvalue weighted by molar-refractivity contribution is -0.122. The van der Waals surface area contributed by atoms with E-state index in [4.69, 9.17) is 23.8 Å². The van der Waals surface area contributed by atoms with E-state index in [1.54, 1.807) is 4.90 Å².